The van der Waals surface area contributed by atoms with Crippen LogP contribution in [0.4, 0.5) is 0 Å². The summed E-state index contributed by atoms with van der Waals surface area (Å²) in [4.78, 5) is 26.2. The summed E-state index contributed by atoms with van der Waals surface area (Å²) in [5.74, 6) is 0.234. The van der Waals surface area contributed by atoms with Gasteiger partial charge in [0.1, 0.15) is 6.04 Å². The summed E-state index contributed by atoms with van der Waals surface area (Å²) in [7, 11) is 0. The molecule has 1 fully saturated rings. The van der Waals surface area contributed by atoms with Crippen LogP contribution >= 0.6 is 23.4 Å². The minimum atomic E-state index is -0.382. The van der Waals surface area contributed by atoms with Gasteiger partial charge in [-0.15, -0.1) is 11.8 Å². The molecule has 2 amide bonds. The first kappa shape index (κ1) is 14.2. The molecule has 1 aromatic rings. The van der Waals surface area contributed by atoms with Gasteiger partial charge in [0.25, 0.3) is 0 Å². The smallest absolute Gasteiger partial charge is 0.242 e. The standard InChI is InChI=1S/C13H15ClN2O2S/c1-9-13(18)15-6-7-16(9)12(17)8-19-11-4-2-10(14)3-5-11/h2-5,9H,6-8H2,1H3,(H,15,18)/t9-/m0/s1. The van der Waals surface area contributed by atoms with Gasteiger partial charge < -0.3 is 10.2 Å². The zero-order chi connectivity index (χ0) is 13.8. The molecule has 1 heterocycles. The largest absolute Gasteiger partial charge is 0.353 e. The Morgan fingerprint density at radius 1 is 1.47 bits per heavy atom. The highest BCUT2D eigenvalue weighted by Crippen LogP contribution is 2.21. The highest BCUT2D eigenvalue weighted by atomic mass is 35.5. The molecule has 0 aromatic heterocycles. The van der Waals surface area contributed by atoms with Gasteiger partial charge in [-0.1, -0.05) is 11.6 Å². The molecule has 0 saturated carbocycles. The van der Waals surface area contributed by atoms with Crippen LogP contribution < -0.4 is 5.32 Å². The number of halogens is 1. The number of piperazine rings is 1. The Balaban J connectivity index is 1.90. The summed E-state index contributed by atoms with van der Waals surface area (Å²) in [6.45, 7) is 2.85. The van der Waals surface area contributed by atoms with Gasteiger partial charge in [-0.25, -0.2) is 0 Å². The van der Waals surface area contributed by atoms with Crippen molar-refractivity contribution in [3.05, 3.63) is 29.3 Å². The van der Waals surface area contributed by atoms with Crippen molar-refractivity contribution < 1.29 is 9.59 Å². The number of rotatable bonds is 3. The summed E-state index contributed by atoms with van der Waals surface area (Å²) in [6.07, 6.45) is 0. The predicted molar refractivity (Wildman–Crippen MR) is 76.4 cm³/mol. The van der Waals surface area contributed by atoms with E-state index in [1.54, 1.807) is 24.0 Å². The van der Waals surface area contributed by atoms with Crippen LogP contribution in [0.5, 0.6) is 0 Å². The zero-order valence-electron chi connectivity index (χ0n) is 10.6. The topological polar surface area (TPSA) is 49.4 Å². The Labute approximate surface area is 121 Å². The number of carbonyl (C=O) groups is 2. The van der Waals surface area contributed by atoms with Crippen molar-refractivity contribution in [3.8, 4) is 0 Å². The summed E-state index contributed by atoms with van der Waals surface area (Å²) in [5, 5.41) is 3.42. The monoisotopic (exact) mass is 298 g/mol. The molecule has 1 aromatic carbocycles. The maximum Gasteiger partial charge on any atom is 0.242 e. The lowest BCUT2D eigenvalue weighted by Crippen LogP contribution is -2.56. The summed E-state index contributed by atoms with van der Waals surface area (Å²) in [5.41, 5.74) is 0. The van der Waals surface area contributed by atoms with E-state index in [-0.39, 0.29) is 17.9 Å². The fourth-order valence-corrected chi connectivity index (χ4v) is 2.79. The lowest BCUT2D eigenvalue weighted by atomic mass is 10.2. The molecule has 0 radical (unpaired) electrons. The summed E-state index contributed by atoms with van der Waals surface area (Å²) < 4.78 is 0. The van der Waals surface area contributed by atoms with Gasteiger partial charge in [0.2, 0.25) is 11.8 Å². The van der Waals surface area contributed by atoms with E-state index in [4.69, 9.17) is 11.6 Å². The second-order valence-corrected chi connectivity index (χ2v) is 5.78. The molecule has 1 aliphatic rings. The first-order chi connectivity index (χ1) is 9.08. The Bertz CT molecular complexity index is 478. The van der Waals surface area contributed by atoms with Gasteiger partial charge in [0.15, 0.2) is 0 Å². The third kappa shape index (κ3) is 3.64. The quantitative estimate of drug-likeness (QED) is 0.866. The van der Waals surface area contributed by atoms with E-state index in [1.165, 1.54) is 11.8 Å². The molecule has 0 unspecified atom stereocenters. The average Bonchev–Trinajstić information content (AvgIpc) is 2.41. The number of nitrogens with one attached hydrogen (secondary N) is 1. The molecular formula is C13H15ClN2O2S. The normalized spacial score (nSPS) is 19.2. The van der Waals surface area contributed by atoms with Gasteiger partial charge in [-0.3, -0.25) is 9.59 Å². The van der Waals surface area contributed by atoms with E-state index in [2.05, 4.69) is 5.32 Å². The van der Waals surface area contributed by atoms with Crippen LogP contribution in [0.25, 0.3) is 0 Å². The van der Waals surface area contributed by atoms with Crippen LogP contribution in [-0.2, 0) is 9.59 Å². The third-order valence-corrected chi connectivity index (χ3v) is 4.24. The number of carbonyl (C=O) groups excluding carboxylic acids is 2. The van der Waals surface area contributed by atoms with Gasteiger partial charge in [-0.05, 0) is 31.2 Å². The van der Waals surface area contributed by atoms with Crippen molar-refractivity contribution in [3.63, 3.8) is 0 Å². The van der Waals surface area contributed by atoms with E-state index in [1.807, 2.05) is 12.1 Å². The summed E-state index contributed by atoms with van der Waals surface area (Å²) in [6, 6.07) is 6.97. The Hall–Kier alpha value is -1.20. The van der Waals surface area contributed by atoms with Crippen molar-refractivity contribution >= 4 is 35.2 Å². The number of hydrogen-bond donors (Lipinski definition) is 1. The van der Waals surface area contributed by atoms with Crippen molar-refractivity contribution in [2.24, 2.45) is 0 Å². The SMILES string of the molecule is C[C@H]1C(=O)NCCN1C(=O)CSc1ccc(Cl)cc1. The van der Waals surface area contributed by atoms with Gasteiger partial charge >= 0.3 is 0 Å². The van der Waals surface area contributed by atoms with Crippen LogP contribution in [0, 0.1) is 0 Å². The highest BCUT2D eigenvalue weighted by molar-refractivity contribution is 8.00. The second kappa shape index (κ2) is 6.30. The highest BCUT2D eigenvalue weighted by Gasteiger charge is 2.28. The van der Waals surface area contributed by atoms with Crippen LogP contribution in [0.2, 0.25) is 5.02 Å². The molecule has 1 N–H and O–H groups in total. The van der Waals surface area contributed by atoms with Gasteiger partial charge in [-0.2, -0.15) is 0 Å². The lowest BCUT2D eigenvalue weighted by molar-refractivity contribution is -0.140. The fourth-order valence-electron chi connectivity index (χ4n) is 1.88. The van der Waals surface area contributed by atoms with Crippen molar-refractivity contribution in [1.29, 1.82) is 0 Å². The maximum atomic E-state index is 12.1. The molecule has 4 nitrogen and oxygen atoms in total. The number of nitrogens with zero attached hydrogens (tertiary/aromatic N) is 1. The number of hydrogen-bond acceptors (Lipinski definition) is 3. The van der Waals surface area contributed by atoms with Crippen molar-refractivity contribution in [2.45, 2.75) is 17.9 Å². The Morgan fingerprint density at radius 3 is 2.84 bits per heavy atom. The van der Waals surface area contributed by atoms with Crippen LogP contribution in [0.3, 0.4) is 0 Å². The predicted octanol–water partition coefficient (Wildman–Crippen LogP) is 1.78. The van der Waals surface area contributed by atoms with Crippen molar-refractivity contribution in [1.82, 2.24) is 10.2 Å². The molecule has 1 aliphatic heterocycles. The van der Waals surface area contributed by atoms with Crippen LogP contribution in [0.15, 0.2) is 29.2 Å². The number of thioether (sulfide) groups is 1. The van der Waals surface area contributed by atoms with Gasteiger partial charge in [0, 0.05) is 23.0 Å². The van der Waals surface area contributed by atoms with Crippen LogP contribution in [-0.4, -0.2) is 41.6 Å². The first-order valence-corrected chi connectivity index (χ1v) is 7.40. The minimum absolute atomic E-state index is 0.0118. The van der Waals surface area contributed by atoms with E-state index in [0.29, 0.717) is 23.9 Å². The molecule has 0 bridgehead atoms. The van der Waals surface area contributed by atoms with Crippen LogP contribution in [0.1, 0.15) is 6.92 Å². The number of benzene rings is 1. The molecule has 1 saturated heterocycles. The molecule has 0 aliphatic carbocycles. The maximum absolute atomic E-state index is 12.1. The molecule has 2 rings (SSSR count). The van der Waals surface area contributed by atoms with E-state index in [9.17, 15) is 9.59 Å². The second-order valence-electron chi connectivity index (χ2n) is 4.30. The molecule has 19 heavy (non-hydrogen) atoms. The lowest BCUT2D eigenvalue weighted by Gasteiger charge is -2.32. The fraction of sp³-hybridized carbons (Fsp3) is 0.385. The average molecular weight is 299 g/mol. The Morgan fingerprint density at radius 2 is 2.16 bits per heavy atom. The molecule has 0 spiro atoms. The zero-order valence-corrected chi connectivity index (χ0v) is 12.1. The van der Waals surface area contributed by atoms with E-state index in [0.717, 1.165) is 4.90 Å². The van der Waals surface area contributed by atoms with Gasteiger partial charge in [0.05, 0.1) is 5.75 Å². The third-order valence-electron chi connectivity index (χ3n) is 3.00. The first-order valence-electron chi connectivity index (χ1n) is 6.03. The summed E-state index contributed by atoms with van der Waals surface area (Å²) >= 11 is 7.26. The minimum Gasteiger partial charge on any atom is -0.353 e. The van der Waals surface area contributed by atoms with E-state index >= 15 is 0 Å². The van der Waals surface area contributed by atoms with E-state index < -0.39 is 0 Å². The molecule has 6 heteroatoms. The number of amides is 2. The molecular weight excluding hydrogens is 284 g/mol. The Kier molecular flexibility index (Phi) is 4.71. The molecule has 1 atom stereocenters. The molecule has 102 valence electrons. The van der Waals surface area contributed by atoms with Crippen molar-refractivity contribution in [2.75, 3.05) is 18.8 Å².